The Morgan fingerprint density at radius 3 is 2.94 bits per heavy atom. The lowest BCUT2D eigenvalue weighted by Crippen LogP contribution is -2.18. The molecule has 0 saturated heterocycles. The number of aliphatic imine (C=N–C) groups is 1. The predicted molar refractivity (Wildman–Crippen MR) is 80.4 cm³/mol. The second-order valence-electron chi connectivity index (χ2n) is 3.64. The fraction of sp³-hybridized carbons (Fsp3) is 0.500. The number of thiol groups is 1. The molecule has 0 spiro atoms. The number of hydrogen-bond acceptors (Lipinski definition) is 5. The molecule has 0 heterocycles. The Morgan fingerprint density at radius 2 is 2.33 bits per heavy atom. The fourth-order valence-corrected chi connectivity index (χ4v) is 1.92. The van der Waals surface area contributed by atoms with Crippen LogP contribution in [0.2, 0.25) is 0 Å². The highest BCUT2D eigenvalue weighted by atomic mass is 35.5. The first-order valence-electron chi connectivity index (χ1n) is 5.18. The van der Waals surface area contributed by atoms with Crippen LogP contribution in [0.4, 0.5) is 0 Å². The standard InChI is InChI=1S/C10H15ClN4OS2/c1-5-6(3-4-7(16)8(5)11)14-15-10(17)13-9(12)18-2/h3-6,9,16H,12H2,1-2H3,(H,13,17)/b15-14+. The van der Waals surface area contributed by atoms with Gasteiger partial charge in [0.15, 0.2) is 0 Å². The van der Waals surface area contributed by atoms with Crippen LogP contribution in [0.3, 0.4) is 0 Å². The molecule has 0 amide bonds. The number of allylic oxidation sites excluding steroid dienone is 1. The first-order chi connectivity index (χ1) is 8.45. The summed E-state index contributed by atoms with van der Waals surface area (Å²) in [4.78, 5) is 3.98. The summed E-state index contributed by atoms with van der Waals surface area (Å²) in [5, 5.41) is 18.0. The highest BCUT2D eigenvalue weighted by Crippen LogP contribution is 2.29. The minimum atomic E-state index is -0.400. The number of aliphatic hydroxyl groups is 1. The molecule has 3 atom stereocenters. The Labute approximate surface area is 121 Å². The summed E-state index contributed by atoms with van der Waals surface area (Å²) in [5.74, 6) is -0.0597. The van der Waals surface area contributed by atoms with Crippen LogP contribution in [0.1, 0.15) is 6.92 Å². The number of azo groups is 1. The van der Waals surface area contributed by atoms with E-state index in [1.807, 2.05) is 13.2 Å². The molecule has 1 aliphatic carbocycles. The predicted octanol–water partition coefficient (Wildman–Crippen LogP) is 2.91. The summed E-state index contributed by atoms with van der Waals surface area (Å²) in [7, 11) is 0. The van der Waals surface area contributed by atoms with E-state index >= 15 is 0 Å². The number of halogens is 1. The lowest BCUT2D eigenvalue weighted by atomic mass is 9.97. The Kier molecular flexibility index (Phi) is 6.20. The van der Waals surface area contributed by atoms with E-state index in [9.17, 15) is 5.11 Å². The SMILES string of the molecule is CSC(N)/N=C(S)/N=N/C1C=CC(O)=C(Cl)C1C. The molecule has 1 aliphatic rings. The Bertz CT molecular complexity index is 422. The summed E-state index contributed by atoms with van der Waals surface area (Å²) in [6.07, 6.45) is 5.07. The number of nitrogens with zero attached hydrogens (tertiary/aromatic N) is 3. The summed E-state index contributed by atoms with van der Waals surface area (Å²) < 4.78 is 0. The maximum Gasteiger partial charge on any atom is 0.203 e. The molecule has 0 fully saturated rings. The second-order valence-corrected chi connectivity index (χ2v) is 5.40. The summed E-state index contributed by atoms with van der Waals surface area (Å²) in [6, 6.07) is -0.240. The van der Waals surface area contributed by atoms with Gasteiger partial charge >= 0.3 is 0 Å². The molecular weight excluding hydrogens is 292 g/mol. The van der Waals surface area contributed by atoms with Crippen LogP contribution >= 0.6 is 36.0 Å². The molecular formula is C10H15ClN4OS2. The average molecular weight is 307 g/mol. The van der Waals surface area contributed by atoms with Gasteiger partial charge < -0.3 is 10.8 Å². The molecule has 8 heteroatoms. The van der Waals surface area contributed by atoms with Crippen molar-refractivity contribution in [3.05, 3.63) is 22.9 Å². The van der Waals surface area contributed by atoms with Crippen LogP contribution in [0.25, 0.3) is 0 Å². The number of nitrogens with two attached hydrogens (primary N) is 1. The van der Waals surface area contributed by atoms with Gasteiger partial charge in [0, 0.05) is 5.92 Å². The summed E-state index contributed by atoms with van der Waals surface area (Å²) >= 11 is 11.4. The van der Waals surface area contributed by atoms with Gasteiger partial charge in [0.25, 0.3) is 0 Å². The van der Waals surface area contributed by atoms with E-state index in [2.05, 4.69) is 27.8 Å². The van der Waals surface area contributed by atoms with E-state index in [1.54, 1.807) is 6.08 Å². The minimum absolute atomic E-state index is 0.0692. The molecule has 3 unspecified atom stereocenters. The smallest absolute Gasteiger partial charge is 0.203 e. The van der Waals surface area contributed by atoms with Gasteiger partial charge in [-0.3, -0.25) is 0 Å². The Hall–Kier alpha value is -0.500. The fourth-order valence-electron chi connectivity index (χ4n) is 1.27. The van der Waals surface area contributed by atoms with Crippen molar-refractivity contribution >= 4 is 41.2 Å². The third-order valence-corrected chi connectivity index (χ3v) is 3.70. The van der Waals surface area contributed by atoms with Crippen molar-refractivity contribution in [1.29, 1.82) is 0 Å². The highest BCUT2D eigenvalue weighted by Gasteiger charge is 2.23. The van der Waals surface area contributed by atoms with Crippen LogP contribution in [-0.4, -0.2) is 28.1 Å². The summed E-state index contributed by atoms with van der Waals surface area (Å²) in [6.45, 7) is 1.86. The number of thioether (sulfide) groups is 1. The number of hydrogen-bond donors (Lipinski definition) is 3. The van der Waals surface area contributed by atoms with E-state index in [1.165, 1.54) is 17.8 Å². The topological polar surface area (TPSA) is 83.3 Å². The Balaban J connectivity index is 2.70. The quantitative estimate of drug-likeness (QED) is 0.246. The van der Waals surface area contributed by atoms with Crippen LogP contribution in [0.15, 0.2) is 38.2 Å². The van der Waals surface area contributed by atoms with Gasteiger partial charge in [-0.1, -0.05) is 24.6 Å². The molecule has 100 valence electrons. The van der Waals surface area contributed by atoms with Crippen molar-refractivity contribution in [2.75, 3.05) is 6.26 Å². The van der Waals surface area contributed by atoms with Gasteiger partial charge in [-0.15, -0.1) is 29.5 Å². The molecule has 0 saturated carbocycles. The van der Waals surface area contributed by atoms with E-state index in [-0.39, 0.29) is 22.9 Å². The molecule has 0 aromatic rings. The van der Waals surface area contributed by atoms with E-state index < -0.39 is 5.50 Å². The minimum Gasteiger partial charge on any atom is -0.507 e. The van der Waals surface area contributed by atoms with Crippen LogP contribution in [-0.2, 0) is 0 Å². The van der Waals surface area contributed by atoms with Crippen LogP contribution in [0.5, 0.6) is 0 Å². The third-order valence-electron chi connectivity index (χ3n) is 2.37. The molecule has 0 aromatic carbocycles. The van der Waals surface area contributed by atoms with Crippen molar-refractivity contribution in [2.24, 2.45) is 26.9 Å². The van der Waals surface area contributed by atoms with Gasteiger partial charge in [-0.25, -0.2) is 4.99 Å². The van der Waals surface area contributed by atoms with Crippen LogP contribution in [0, 0.1) is 5.92 Å². The first kappa shape index (κ1) is 15.6. The molecule has 0 radical (unpaired) electrons. The van der Waals surface area contributed by atoms with Crippen molar-refractivity contribution in [1.82, 2.24) is 0 Å². The zero-order chi connectivity index (χ0) is 13.7. The van der Waals surface area contributed by atoms with Gasteiger partial charge in [0.1, 0.15) is 11.3 Å². The van der Waals surface area contributed by atoms with E-state index in [0.717, 1.165) is 0 Å². The zero-order valence-electron chi connectivity index (χ0n) is 9.99. The molecule has 3 N–H and O–H groups in total. The molecule has 5 nitrogen and oxygen atoms in total. The number of aliphatic hydroxyl groups excluding tert-OH is 1. The molecule has 0 aromatic heterocycles. The second kappa shape index (κ2) is 7.18. The number of amidine groups is 1. The first-order valence-corrected chi connectivity index (χ1v) is 7.29. The maximum absolute atomic E-state index is 9.42. The lowest BCUT2D eigenvalue weighted by Gasteiger charge is -2.19. The highest BCUT2D eigenvalue weighted by molar-refractivity contribution is 7.99. The van der Waals surface area contributed by atoms with Crippen molar-refractivity contribution in [2.45, 2.75) is 18.5 Å². The maximum atomic E-state index is 9.42. The van der Waals surface area contributed by atoms with Crippen molar-refractivity contribution < 1.29 is 5.11 Å². The monoisotopic (exact) mass is 306 g/mol. The van der Waals surface area contributed by atoms with Gasteiger partial charge in [-0.05, 0) is 12.3 Å². The molecule has 0 bridgehead atoms. The molecule has 0 aliphatic heterocycles. The van der Waals surface area contributed by atoms with E-state index in [4.69, 9.17) is 17.3 Å². The lowest BCUT2D eigenvalue weighted by molar-refractivity contribution is 0.409. The van der Waals surface area contributed by atoms with Gasteiger partial charge in [-0.2, -0.15) is 5.11 Å². The van der Waals surface area contributed by atoms with Crippen LogP contribution < -0.4 is 5.73 Å². The zero-order valence-corrected chi connectivity index (χ0v) is 12.5. The van der Waals surface area contributed by atoms with Crippen molar-refractivity contribution in [3.8, 4) is 0 Å². The van der Waals surface area contributed by atoms with Gasteiger partial charge in [0.05, 0.1) is 11.1 Å². The molecule has 1 rings (SSSR count). The van der Waals surface area contributed by atoms with Crippen molar-refractivity contribution in [3.63, 3.8) is 0 Å². The largest absolute Gasteiger partial charge is 0.507 e. The Morgan fingerprint density at radius 1 is 1.67 bits per heavy atom. The third kappa shape index (κ3) is 4.31. The van der Waals surface area contributed by atoms with E-state index in [0.29, 0.717) is 5.03 Å². The average Bonchev–Trinajstić information content (AvgIpc) is 2.35. The van der Waals surface area contributed by atoms with Gasteiger partial charge in [0.2, 0.25) is 5.17 Å². The normalized spacial score (nSPS) is 27.1. The molecule has 18 heavy (non-hydrogen) atoms. The number of rotatable bonds is 3. The summed E-state index contributed by atoms with van der Waals surface area (Å²) in [5.41, 5.74) is 5.20.